The zero-order valence-electron chi connectivity index (χ0n) is 15.7. The van der Waals surface area contributed by atoms with E-state index in [0.29, 0.717) is 25.1 Å². The lowest BCUT2D eigenvalue weighted by Gasteiger charge is -2.28. The van der Waals surface area contributed by atoms with Gasteiger partial charge in [0.2, 0.25) is 5.91 Å². The Bertz CT molecular complexity index is 882. The molecule has 0 saturated carbocycles. The van der Waals surface area contributed by atoms with Crippen molar-refractivity contribution in [3.63, 3.8) is 0 Å². The molecule has 148 valence electrons. The van der Waals surface area contributed by atoms with Crippen LogP contribution in [0.3, 0.4) is 0 Å². The van der Waals surface area contributed by atoms with Crippen LogP contribution >= 0.6 is 15.9 Å². The lowest BCUT2D eigenvalue weighted by atomic mass is 10.0. The zero-order chi connectivity index (χ0) is 19.5. The highest BCUT2D eigenvalue weighted by Gasteiger charge is 2.31. The Morgan fingerprint density at radius 2 is 1.96 bits per heavy atom. The lowest BCUT2D eigenvalue weighted by Crippen LogP contribution is -2.42. The molecule has 6 nitrogen and oxygen atoms in total. The third-order valence-corrected chi connectivity index (χ3v) is 5.87. The molecular weight excluding hydrogens is 422 g/mol. The first-order valence-corrected chi connectivity index (χ1v) is 10.5. The lowest BCUT2D eigenvalue weighted by molar-refractivity contribution is -0.128. The van der Waals surface area contributed by atoms with E-state index in [2.05, 4.69) is 26.1 Å². The summed E-state index contributed by atoms with van der Waals surface area (Å²) in [6.07, 6.45) is 0.362. The average Bonchev–Trinajstić information content (AvgIpc) is 3.05. The number of carbonyl (C=O) groups excluding carboxylic acids is 2. The van der Waals surface area contributed by atoms with Crippen molar-refractivity contribution >= 4 is 38.5 Å². The summed E-state index contributed by atoms with van der Waals surface area (Å²) in [6.45, 7) is 5.47. The molecule has 2 aromatic rings. The molecule has 2 heterocycles. The average molecular weight is 446 g/mol. The Kier molecular flexibility index (Phi) is 5.94. The third kappa shape index (κ3) is 4.37. The first kappa shape index (κ1) is 19.4. The van der Waals surface area contributed by atoms with Crippen molar-refractivity contribution in [2.45, 2.75) is 12.5 Å². The molecule has 1 N–H and O–H groups in total. The van der Waals surface area contributed by atoms with Crippen molar-refractivity contribution in [1.82, 2.24) is 15.1 Å². The Balaban J connectivity index is 1.38. The summed E-state index contributed by atoms with van der Waals surface area (Å²) in [6, 6.07) is 11.5. The van der Waals surface area contributed by atoms with E-state index in [-0.39, 0.29) is 17.9 Å². The Morgan fingerprint density at radius 1 is 1.18 bits per heavy atom. The molecule has 2 aliphatic heterocycles. The van der Waals surface area contributed by atoms with Crippen molar-refractivity contribution < 1.29 is 14.3 Å². The SMILES string of the molecule is O=C(NC1CC(=O)N(CCN2CCOCC2)C1)c1cc(Br)cc2ccccc12. The number of rotatable bonds is 5. The van der Waals surface area contributed by atoms with Crippen molar-refractivity contribution in [1.29, 1.82) is 0 Å². The maximum Gasteiger partial charge on any atom is 0.252 e. The van der Waals surface area contributed by atoms with Crippen molar-refractivity contribution in [2.75, 3.05) is 45.9 Å². The molecule has 0 spiro atoms. The van der Waals surface area contributed by atoms with Gasteiger partial charge in [-0.2, -0.15) is 0 Å². The maximum atomic E-state index is 12.9. The molecule has 4 rings (SSSR count). The van der Waals surface area contributed by atoms with E-state index in [9.17, 15) is 9.59 Å². The number of halogens is 1. The first-order valence-electron chi connectivity index (χ1n) is 9.67. The first-order chi connectivity index (χ1) is 13.6. The smallest absolute Gasteiger partial charge is 0.252 e. The number of fused-ring (bicyclic) bond motifs is 1. The predicted molar refractivity (Wildman–Crippen MR) is 111 cm³/mol. The fourth-order valence-electron chi connectivity index (χ4n) is 3.90. The molecule has 0 radical (unpaired) electrons. The summed E-state index contributed by atoms with van der Waals surface area (Å²) in [5.41, 5.74) is 0.629. The number of benzene rings is 2. The van der Waals surface area contributed by atoms with Crippen molar-refractivity contribution in [3.8, 4) is 0 Å². The molecule has 28 heavy (non-hydrogen) atoms. The number of morpholine rings is 1. The van der Waals surface area contributed by atoms with E-state index in [1.807, 2.05) is 41.3 Å². The Morgan fingerprint density at radius 3 is 2.79 bits per heavy atom. The van der Waals surface area contributed by atoms with E-state index in [1.54, 1.807) is 0 Å². The molecule has 1 unspecified atom stereocenters. The van der Waals surface area contributed by atoms with E-state index in [0.717, 1.165) is 48.1 Å². The van der Waals surface area contributed by atoms with Crippen LogP contribution in [0.5, 0.6) is 0 Å². The summed E-state index contributed by atoms with van der Waals surface area (Å²) in [5, 5.41) is 4.98. The van der Waals surface area contributed by atoms with Crippen molar-refractivity contribution in [3.05, 3.63) is 46.4 Å². The van der Waals surface area contributed by atoms with Gasteiger partial charge < -0.3 is 15.0 Å². The highest BCUT2D eigenvalue weighted by molar-refractivity contribution is 9.10. The van der Waals surface area contributed by atoms with E-state index in [4.69, 9.17) is 4.74 Å². The number of nitrogens with one attached hydrogen (secondary N) is 1. The van der Waals surface area contributed by atoms with E-state index in [1.165, 1.54) is 0 Å². The van der Waals surface area contributed by atoms with Gasteiger partial charge in [-0.1, -0.05) is 40.2 Å². The highest BCUT2D eigenvalue weighted by Crippen LogP contribution is 2.24. The minimum Gasteiger partial charge on any atom is -0.379 e. The van der Waals surface area contributed by atoms with Crippen LogP contribution in [0.25, 0.3) is 10.8 Å². The van der Waals surface area contributed by atoms with Gasteiger partial charge >= 0.3 is 0 Å². The van der Waals surface area contributed by atoms with Gasteiger partial charge in [0, 0.05) is 49.2 Å². The monoisotopic (exact) mass is 445 g/mol. The quantitative estimate of drug-likeness (QED) is 0.766. The largest absolute Gasteiger partial charge is 0.379 e. The fraction of sp³-hybridized carbons (Fsp3) is 0.429. The number of carbonyl (C=O) groups is 2. The van der Waals surface area contributed by atoms with E-state index < -0.39 is 0 Å². The van der Waals surface area contributed by atoms with Gasteiger partial charge in [-0.3, -0.25) is 14.5 Å². The molecule has 0 aliphatic carbocycles. The van der Waals surface area contributed by atoms with Gasteiger partial charge in [0.05, 0.1) is 19.3 Å². The van der Waals surface area contributed by atoms with Crippen molar-refractivity contribution in [2.24, 2.45) is 0 Å². The molecule has 1 atom stereocenters. The van der Waals surface area contributed by atoms with Gasteiger partial charge in [-0.25, -0.2) is 0 Å². The number of nitrogens with zero attached hydrogens (tertiary/aromatic N) is 2. The molecule has 0 aromatic heterocycles. The molecule has 2 saturated heterocycles. The normalized spacial score (nSPS) is 20.7. The van der Waals surface area contributed by atoms with Gasteiger partial charge in [0.25, 0.3) is 5.91 Å². The van der Waals surface area contributed by atoms with E-state index >= 15 is 0 Å². The van der Waals surface area contributed by atoms with Crippen LogP contribution in [-0.2, 0) is 9.53 Å². The minimum absolute atomic E-state index is 0.109. The zero-order valence-corrected chi connectivity index (χ0v) is 17.3. The summed E-state index contributed by atoms with van der Waals surface area (Å²) >= 11 is 3.49. The number of likely N-dealkylation sites (tertiary alicyclic amines) is 1. The molecule has 0 bridgehead atoms. The van der Waals surface area contributed by atoms with Crippen LogP contribution < -0.4 is 5.32 Å². The maximum absolute atomic E-state index is 12.9. The summed E-state index contributed by atoms with van der Waals surface area (Å²) in [5.74, 6) is -0.0250. The third-order valence-electron chi connectivity index (χ3n) is 5.41. The molecule has 7 heteroatoms. The fourth-order valence-corrected chi connectivity index (χ4v) is 4.37. The molecule has 2 fully saturated rings. The van der Waals surface area contributed by atoms with Crippen LogP contribution in [0.2, 0.25) is 0 Å². The molecule has 2 aliphatic rings. The predicted octanol–water partition coefficient (Wildman–Crippen LogP) is 2.27. The van der Waals surface area contributed by atoms with Gasteiger partial charge in [0.15, 0.2) is 0 Å². The second-order valence-corrected chi connectivity index (χ2v) is 8.26. The molecule has 2 amide bonds. The van der Waals surface area contributed by atoms with Gasteiger partial charge in [0.1, 0.15) is 0 Å². The molecular formula is C21H24BrN3O3. The van der Waals surface area contributed by atoms with Crippen LogP contribution in [0.1, 0.15) is 16.8 Å². The van der Waals surface area contributed by atoms with Crippen LogP contribution in [-0.4, -0.2) is 73.6 Å². The summed E-state index contributed by atoms with van der Waals surface area (Å²) < 4.78 is 6.23. The second kappa shape index (κ2) is 8.59. The van der Waals surface area contributed by atoms with Crippen LogP contribution in [0, 0.1) is 0 Å². The number of ether oxygens (including phenoxy) is 1. The number of hydrogen-bond acceptors (Lipinski definition) is 4. The standard InChI is InChI=1S/C21H24BrN3O3/c22-16-11-15-3-1-2-4-18(15)19(12-16)21(27)23-17-13-20(26)25(14-17)6-5-24-7-9-28-10-8-24/h1-4,11-12,17H,5-10,13-14H2,(H,23,27). The Hall–Kier alpha value is -1.96. The number of amides is 2. The summed E-state index contributed by atoms with van der Waals surface area (Å²) in [4.78, 5) is 29.4. The van der Waals surface area contributed by atoms with Gasteiger partial charge in [-0.05, 0) is 22.9 Å². The molecule has 2 aromatic carbocycles. The highest BCUT2D eigenvalue weighted by atomic mass is 79.9. The second-order valence-electron chi connectivity index (χ2n) is 7.34. The number of hydrogen-bond donors (Lipinski definition) is 1. The topological polar surface area (TPSA) is 61.9 Å². The van der Waals surface area contributed by atoms with Crippen LogP contribution in [0.15, 0.2) is 40.9 Å². The van der Waals surface area contributed by atoms with Crippen LogP contribution in [0.4, 0.5) is 0 Å². The van der Waals surface area contributed by atoms with Gasteiger partial charge in [-0.15, -0.1) is 0 Å². The minimum atomic E-state index is -0.151. The Labute approximate surface area is 172 Å². The summed E-state index contributed by atoms with van der Waals surface area (Å²) in [7, 11) is 0.